The van der Waals surface area contributed by atoms with Crippen LogP contribution in [-0.2, 0) is 4.79 Å². The zero-order valence-corrected chi connectivity index (χ0v) is 15.5. The van der Waals surface area contributed by atoms with E-state index in [1.807, 2.05) is 36.2 Å². The molecular formula is C19H29ClN2O2. The Bertz CT molecular complexity index is 501. The maximum absolute atomic E-state index is 12.4. The Labute approximate surface area is 150 Å². The second-order valence-corrected chi connectivity index (χ2v) is 7.18. The number of halogens is 1. The van der Waals surface area contributed by atoms with Gasteiger partial charge in [-0.05, 0) is 68.5 Å². The third kappa shape index (κ3) is 6.33. The predicted molar refractivity (Wildman–Crippen MR) is 98.6 cm³/mol. The van der Waals surface area contributed by atoms with Gasteiger partial charge in [0.2, 0.25) is 5.91 Å². The molecule has 1 saturated heterocycles. The summed E-state index contributed by atoms with van der Waals surface area (Å²) in [6, 6.07) is 7.35. The topological polar surface area (TPSA) is 41.6 Å². The molecule has 1 atom stereocenters. The van der Waals surface area contributed by atoms with Gasteiger partial charge in [0.15, 0.2) is 0 Å². The van der Waals surface area contributed by atoms with Gasteiger partial charge in [-0.3, -0.25) is 4.79 Å². The van der Waals surface area contributed by atoms with Gasteiger partial charge < -0.3 is 15.0 Å². The second kappa shape index (κ2) is 9.90. The van der Waals surface area contributed by atoms with Crippen molar-refractivity contribution in [1.29, 1.82) is 0 Å². The average molecular weight is 353 g/mol. The first-order valence-corrected chi connectivity index (χ1v) is 9.27. The van der Waals surface area contributed by atoms with Gasteiger partial charge in [0, 0.05) is 25.0 Å². The van der Waals surface area contributed by atoms with Crippen molar-refractivity contribution in [2.45, 2.75) is 32.6 Å². The van der Waals surface area contributed by atoms with Gasteiger partial charge in [-0.2, -0.15) is 0 Å². The minimum Gasteiger partial charge on any atom is -0.494 e. The molecule has 1 aromatic rings. The van der Waals surface area contributed by atoms with Crippen molar-refractivity contribution >= 4 is 17.5 Å². The number of carbonyl (C=O) groups excluding carboxylic acids is 1. The first-order valence-electron chi connectivity index (χ1n) is 8.89. The van der Waals surface area contributed by atoms with Crippen molar-refractivity contribution in [1.82, 2.24) is 10.2 Å². The van der Waals surface area contributed by atoms with Crippen molar-refractivity contribution in [3.05, 3.63) is 29.3 Å². The zero-order valence-electron chi connectivity index (χ0n) is 14.8. The molecule has 0 radical (unpaired) electrons. The molecule has 2 rings (SSSR count). The summed E-state index contributed by atoms with van der Waals surface area (Å²) < 4.78 is 5.66. The zero-order chi connectivity index (χ0) is 17.4. The van der Waals surface area contributed by atoms with Crippen LogP contribution in [0.5, 0.6) is 5.75 Å². The van der Waals surface area contributed by atoms with Gasteiger partial charge in [0.1, 0.15) is 5.75 Å². The van der Waals surface area contributed by atoms with Crippen LogP contribution in [0.3, 0.4) is 0 Å². The summed E-state index contributed by atoms with van der Waals surface area (Å²) in [6.45, 7) is 5.71. The third-order valence-corrected chi connectivity index (χ3v) is 5.08. The molecule has 1 amide bonds. The highest BCUT2D eigenvalue weighted by molar-refractivity contribution is 6.30. The first-order chi connectivity index (χ1) is 11.6. The van der Waals surface area contributed by atoms with Gasteiger partial charge in [0.05, 0.1) is 6.61 Å². The maximum Gasteiger partial charge on any atom is 0.222 e. The molecule has 24 heavy (non-hydrogen) atoms. The van der Waals surface area contributed by atoms with Gasteiger partial charge in [-0.25, -0.2) is 0 Å². The quantitative estimate of drug-likeness (QED) is 0.727. The van der Waals surface area contributed by atoms with Crippen LogP contribution in [0.4, 0.5) is 0 Å². The second-order valence-electron chi connectivity index (χ2n) is 6.74. The number of hydrogen-bond acceptors (Lipinski definition) is 3. The lowest BCUT2D eigenvalue weighted by atomic mass is 9.84. The Morgan fingerprint density at radius 1 is 1.33 bits per heavy atom. The lowest BCUT2D eigenvalue weighted by molar-refractivity contribution is -0.131. The van der Waals surface area contributed by atoms with Crippen molar-refractivity contribution in [3.63, 3.8) is 0 Å². The Morgan fingerprint density at radius 3 is 2.67 bits per heavy atom. The van der Waals surface area contributed by atoms with E-state index in [2.05, 4.69) is 12.2 Å². The van der Waals surface area contributed by atoms with Gasteiger partial charge in [-0.1, -0.05) is 18.5 Å². The summed E-state index contributed by atoms with van der Waals surface area (Å²) in [4.78, 5) is 14.2. The molecule has 1 aromatic carbocycles. The highest BCUT2D eigenvalue weighted by Crippen LogP contribution is 2.24. The monoisotopic (exact) mass is 352 g/mol. The summed E-state index contributed by atoms with van der Waals surface area (Å²) in [5.74, 6) is 2.20. The standard InChI is InChI=1S/C19H29ClN2O2/c1-15(16-8-10-21-11-9-16)14-19(23)22(2)12-3-13-24-18-6-4-17(20)5-7-18/h4-7,15-16,21H,3,8-14H2,1-2H3. The summed E-state index contributed by atoms with van der Waals surface area (Å²) in [5, 5.41) is 4.08. The van der Waals surface area contributed by atoms with Crippen molar-refractivity contribution in [2.24, 2.45) is 11.8 Å². The smallest absolute Gasteiger partial charge is 0.222 e. The number of ether oxygens (including phenoxy) is 1. The Hall–Kier alpha value is -1.26. The fourth-order valence-corrected chi connectivity index (χ4v) is 3.28. The number of piperidine rings is 1. The van der Waals surface area contributed by atoms with Gasteiger partial charge >= 0.3 is 0 Å². The molecule has 4 nitrogen and oxygen atoms in total. The molecule has 0 bridgehead atoms. The highest BCUT2D eigenvalue weighted by atomic mass is 35.5. The fourth-order valence-electron chi connectivity index (χ4n) is 3.16. The molecule has 5 heteroatoms. The molecule has 134 valence electrons. The van der Waals surface area contributed by atoms with E-state index in [0.717, 1.165) is 31.8 Å². The van der Waals surface area contributed by atoms with Crippen LogP contribution in [-0.4, -0.2) is 44.1 Å². The molecule has 1 heterocycles. The molecule has 1 N–H and O–H groups in total. The molecular weight excluding hydrogens is 324 g/mol. The van der Waals surface area contributed by atoms with Crippen LogP contribution in [0.15, 0.2) is 24.3 Å². The minimum atomic E-state index is 0.243. The SMILES string of the molecule is CC(CC(=O)N(C)CCCOc1ccc(Cl)cc1)C1CCNCC1. The van der Waals surface area contributed by atoms with E-state index in [1.165, 1.54) is 12.8 Å². The molecule has 1 aliphatic heterocycles. The highest BCUT2D eigenvalue weighted by Gasteiger charge is 2.23. The molecule has 1 aliphatic rings. The van der Waals surface area contributed by atoms with Crippen LogP contribution in [0.1, 0.15) is 32.6 Å². The van der Waals surface area contributed by atoms with Crippen LogP contribution < -0.4 is 10.1 Å². The van der Waals surface area contributed by atoms with Crippen molar-refractivity contribution < 1.29 is 9.53 Å². The molecule has 0 spiro atoms. The van der Waals surface area contributed by atoms with Gasteiger partial charge in [-0.15, -0.1) is 0 Å². The minimum absolute atomic E-state index is 0.243. The Kier molecular flexibility index (Phi) is 7.86. The fraction of sp³-hybridized carbons (Fsp3) is 0.632. The number of nitrogens with one attached hydrogen (secondary N) is 1. The van der Waals surface area contributed by atoms with Crippen LogP contribution in [0.2, 0.25) is 5.02 Å². The summed E-state index contributed by atoms with van der Waals surface area (Å²) in [6.07, 6.45) is 3.85. The van der Waals surface area contributed by atoms with E-state index >= 15 is 0 Å². The molecule has 0 aliphatic carbocycles. The normalized spacial score (nSPS) is 16.6. The predicted octanol–water partition coefficient (Wildman–Crippen LogP) is 3.59. The number of amides is 1. The van der Waals surface area contributed by atoms with E-state index < -0.39 is 0 Å². The van der Waals surface area contributed by atoms with Crippen molar-refractivity contribution in [2.75, 3.05) is 33.3 Å². The largest absolute Gasteiger partial charge is 0.494 e. The van der Waals surface area contributed by atoms with E-state index in [0.29, 0.717) is 29.9 Å². The van der Waals surface area contributed by atoms with E-state index in [1.54, 1.807) is 0 Å². The summed E-state index contributed by atoms with van der Waals surface area (Å²) in [5.41, 5.74) is 0. The number of rotatable bonds is 8. The number of benzene rings is 1. The van der Waals surface area contributed by atoms with Gasteiger partial charge in [0.25, 0.3) is 0 Å². The van der Waals surface area contributed by atoms with E-state index in [9.17, 15) is 4.79 Å². The number of carbonyl (C=O) groups is 1. The summed E-state index contributed by atoms with van der Waals surface area (Å²) >= 11 is 5.84. The van der Waals surface area contributed by atoms with Crippen LogP contribution >= 0.6 is 11.6 Å². The van der Waals surface area contributed by atoms with E-state index in [-0.39, 0.29) is 5.91 Å². The Balaban J connectivity index is 1.63. The summed E-state index contributed by atoms with van der Waals surface area (Å²) in [7, 11) is 1.89. The van der Waals surface area contributed by atoms with Crippen LogP contribution in [0.25, 0.3) is 0 Å². The molecule has 0 saturated carbocycles. The number of hydrogen-bond donors (Lipinski definition) is 1. The lowest BCUT2D eigenvalue weighted by Gasteiger charge is -2.29. The molecule has 1 unspecified atom stereocenters. The first kappa shape index (κ1) is 19.1. The van der Waals surface area contributed by atoms with E-state index in [4.69, 9.17) is 16.3 Å². The van der Waals surface area contributed by atoms with Crippen LogP contribution in [0, 0.1) is 11.8 Å². The molecule has 1 fully saturated rings. The van der Waals surface area contributed by atoms with Crippen molar-refractivity contribution in [3.8, 4) is 5.75 Å². The molecule has 0 aromatic heterocycles. The lowest BCUT2D eigenvalue weighted by Crippen LogP contribution is -2.34. The average Bonchev–Trinajstić information content (AvgIpc) is 2.60. The third-order valence-electron chi connectivity index (χ3n) is 4.83. The maximum atomic E-state index is 12.4. The number of nitrogens with zero attached hydrogens (tertiary/aromatic N) is 1. The Morgan fingerprint density at radius 2 is 2.00 bits per heavy atom.